The van der Waals surface area contributed by atoms with Crippen molar-refractivity contribution in [2.24, 2.45) is 0 Å². The van der Waals surface area contributed by atoms with Crippen LogP contribution in [0.3, 0.4) is 0 Å². The van der Waals surface area contributed by atoms with Gasteiger partial charge in [-0.2, -0.15) is 0 Å². The average molecular weight is 267 g/mol. The van der Waals surface area contributed by atoms with E-state index in [4.69, 9.17) is 0 Å². The normalized spacial score (nSPS) is 25.4. The maximum Gasteiger partial charge on any atom is 0.259 e. The highest BCUT2D eigenvalue weighted by Gasteiger charge is 2.38. The van der Waals surface area contributed by atoms with Crippen LogP contribution in [0.2, 0.25) is 0 Å². The number of rotatable bonds is 1. The molecule has 0 spiro atoms. The Morgan fingerprint density at radius 3 is 2.70 bits per heavy atom. The summed E-state index contributed by atoms with van der Waals surface area (Å²) < 4.78 is 1.59. The van der Waals surface area contributed by atoms with Crippen molar-refractivity contribution >= 4 is 11.5 Å². The van der Waals surface area contributed by atoms with Crippen molar-refractivity contribution in [1.29, 1.82) is 0 Å². The first-order chi connectivity index (χ1) is 9.72. The van der Waals surface area contributed by atoms with Crippen molar-refractivity contribution in [3.8, 4) is 0 Å². The van der Waals surface area contributed by atoms with E-state index in [-0.39, 0.29) is 5.56 Å². The minimum atomic E-state index is -0.00519. The van der Waals surface area contributed by atoms with E-state index in [0.717, 1.165) is 24.3 Å². The van der Waals surface area contributed by atoms with Crippen LogP contribution in [0.15, 0.2) is 47.4 Å². The molecule has 102 valence electrons. The standard InChI is InChI=1S/C16H17N3O/c1-11-8-12-5-6-13(9-11)19(12)15-10-16(20)18-7-3-2-4-14(18)17-15/h2-4,7,10,12-13H,1,5-6,8-9H2. The number of pyridine rings is 1. The van der Waals surface area contributed by atoms with Gasteiger partial charge in [0.05, 0.1) is 0 Å². The molecule has 0 aliphatic carbocycles. The van der Waals surface area contributed by atoms with Gasteiger partial charge in [-0.3, -0.25) is 9.20 Å². The fourth-order valence-electron chi connectivity index (χ4n) is 3.66. The zero-order chi connectivity index (χ0) is 13.7. The van der Waals surface area contributed by atoms with Crippen LogP contribution in [0.5, 0.6) is 0 Å². The molecule has 2 atom stereocenters. The van der Waals surface area contributed by atoms with Crippen LogP contribution in [0, 0.1) is 0 Å². The van der Waals surface area contributed by atoms with E-state index in [1.807, 2.05) is 18.2 Å². The predicted octanol–water partition coefficient (Wildman–Crippen LogP) is 2.38. The zero-order valence-electron chi connectivity index (χ0n) is 11.3. The summed E-state index contributed by atoms with van der Waals surface area (Å²) in [6.45, 7) is 4.14. The minimum absolute atomic E-state index is 0.00519. The molecule has 2 unspecified atom stereocenters. The maximum absolute atomic E-state index is 12.2. The molecule has 2 bridgehead atoms. The van der Waals surface area contributed by atoms with Gasteiger partial charge in [0.2, 0.25) is 0 Å². The van der Waals surface area contributed by atoms with E-state index in [9.17, 15) is 4.79 Å². The molecule has 0 aromatic carbocycles. The Hall–Kier alpha value is -2.10. The van der Waals surface area contributed by atoms with Crippen molar-refractivity contribution in [2.75, 3.05) is 4.90 Å². The molecular weight excluding hydrogens is 250 g/mol. The van der Waals surface area contributed by atoms with E-state index >= 15 is 0 Å². The lowest BCUT2D eigenvalue weighted by molar-refractivity contribution is 0.545. The van der Waals surface area contributed by atoms with Crippen LogP contribution in [0.4, 0.5) is 5.82 Å². The Kier molecular flexibility index (Phi) is 2.46. The van der Waals surface area contributed by atoms with Gasteiger partial charge in [-0.15, -0.1) is 0 Å². The van der Waals surface area contributed by atoms with Gasteiger partial charge < -0.3 is 4.90 Å². The lowest BCUT2D eigenvalue weighted by Crippen LogP contribution is -2.41. The van der Waals surface area contributed by atoms with E-state index in [0.29, 0.717) is 12.1 Å². The minimum Gasteiger partial charge on any atom is -0.350 e. The van der Waals surface area contributed by atoms with Crippen molar-refractivity contribution in [3.63, 3.8) is 0 Å². The van der Waals surface area contributed by atoms with E-state index in [2.05, 4.69) is 16.5 Å². The first kappa shape index (κ1) is 11.7. The van der Waals surface area contributed by atoms with Crippen LogP contribution in [-0.2, 0) is 0 Å². The number of fused-ring (bicyclic) bond motifs is 3. The Bertz CT molecular complexity index is 733. The maximum atomic E-state index is 12.2. The smallest absolute Gasteiger partial charge is 0.259 e. The van der Waals surface area contributed by atoms with Gasteiger partial charge in [-0.25, -0.2) is 4.98 Å². The molecule has 2 aromatic rings. The second kappa shape index (κ2) is 4.20. The summed E-state index contributed by atoms with van der Waals surface area (Å²) in [5.74, 6) is 0.834. The Labute approximate surface area is 117 Å². The summed E-state index contributed by atoms with van der Waals surface area (Å²) in [4.78, 5) is 19.3. The second-order valence-corrected chi connectivity index (χ2v) is 5.83. The monoisotopic (exact) mass is 267 g/mol. The number of hydrogen-bond acceptors (Lipinski definition) is 3. The van der Waals surface area contributed by atoms with Gasteiger partial charge in [0, 0.05) is 24.3 Å². The highest BCUT2D eigenvalue weighted by atomic mass is 16.1. The van der Waals surface area contributed by atoms with E-state index in [1.54, 1.807) is 16.7 Å². The van der Waals surface area contributed by atoms with Crippen LogP contribution in [-0.4, -0.2) is 21.5 Å². The number of anilines is 1. The lowest BCUT2D eigenvalue weighted by atomic mass is 9.98. The number of hydrogen-bond donors (Lipinski definition) is 0. The van der Waals surface area contributed by atoms with Gasteiger partial charge in [0.25, 0.3) is 5.56 Å². The molecule has 0 radical (unpaired) electrons. The van der Waals surface area contributed by atoms with Gasteiger partial charge in [-0.1, -0.05) is 18.2 Å². The van der Waals surface area contributed by atoms with E-state index in [1.165, 1.54) is 18.4 Å². The van der Waals surface area contributed by atoms with Crippen molar-refractivity contribution in [2.45, 2.75) is 37.8 Å². The Morgan fingerprint density at radius 2 is 1.95 bits per heavy atom. The Morgan fingerprint density at radius 1 is 1.20 bits per heavy atom. The fraction of sp³-hybridized carbons (Fsp3) is 0.375. The van der Waals surface area contributed by atoms with Crippen molar-refractivity contribution < 1.29 is 0 Å². The van der Waals surface area contributed by atoms with Crippen molar-refractivity contribution in [3.05, 3.63) is 53.0 Å². The summed E-state index contributed by atoms with van der Waals surface area (Å²) in [5, 5.41) is 0. The highest BCUT2D eigenvalue weighted by Crippen LogP contribution is 2.39. The molecular formula is C16H17N3O. The summed E-state index contributed by atoms with van der Waals surface area (Å²) in [5.41, 5.74) is 2.06. The molecule has 0 saturated carbocycles. The molecule has 2 aliphatic rings. The molecule has 2 fully saturated rings. The van der Waals surface area contributed by atoms with Crippen LogP contribution in [0.25, 0.3) is 5.65 Å². The molecule has 4 heteroatoms. The third kappa shape index (κ3) is 1.68. The van der Waals surface area contributed by atoms with Crippen LogP contribution < -0.4 is 10.5 Å². The summed E-state index contributed by atoms with van der Waals surface area (Å²) in [6.07, 6.45) is 6.19. The quantitative estimate of drug-likeness (QED) is 0.744. The molecule has 4 rings (SSSR count). The molecule has 2 aliphatic heterocycles. The Balaban J connectivity index is 1.83. The molecule has 2 saturated heterocycles. The van der Waals surface area contributed by atoms with Gasteiger partial charge in [-0.05, 0) is 37.8 Å². The first-order valence-corrected chi connectivity index (χ1v) is 7.16. The number of nitrogens with zero attached hydrogens (tertiary/aromatic N) is 3. The van der Waals surface area contributed by atoms with Gasteiger partial charge in [0.15, 0.2) is 0 Å². The summed E-state index contributed by atoms with van der Waals surface area (Å²) in [6, 6.07) is 8.27. The second-order valence-electron chi connectivity index (χ2n) is 5.83. The third-order valence-corrected chi connectivity index (χ3v) is 4.49. The lowest BCUT2D eigenvalue weighted by Gasteiger charge is -2.36. The highest BCUT2D eigenvalue weighted by molar-refractivity contribution is 5.51. The SMILES string of the molecule is C=C1CC2CCC(C1)N2c1cc(=O)n2ccccc2n1. The number of aromatic nitrogens is 2. The van der Waals surface area contributed by atoms with Gasteiger partial charge >= 0.3 is 0 Å². The summed E-state index contributed by atoms with van der Waals surface area (Å²) in [7, 11) is 0. The molecule has 4 nitrogen and oxygen atoms in total. The fourth-order valence-corrected chi connectivity index (χ4v) is 3.66. The average Bonchev–Trinajstić information content (AvgIpc) is 2.71. The predicted molar refractivity (Wildman–Crippen MR) is 79.1 cm³/mol. The molecule has 0 amide bonds. The number of piperidine rings is 1. The first-order valence-electron chi connectivity index (χ1n) is 7.16. The van der Waals surface area contributed by atoms with Crippen LogP contribution >= 0.6 is 0 Å². The zero-order valence-corrected chi connectivity index (χ0v) is 11.3. The van der Waals surface area contributed by atoms with Crippen LogP contribution in [0.1, 0.15) is 25.7 Å². The third-order valence-electron chi connectivity index (χ3n) is 4.49. The van der Waals surface area contributed by atoms with E-state index < -0.39 is 0 Å². The topological polar surface area (TPSA) is 37.6 Å². The summed E-state index contributed by atoms with van der Waals surface area (Å²) >= 11 is 0. The van der Waals surface area contributed by atoms with Crippen molar-refractivity contribution in [1.82, 2.24) is 9.38 Å². The molecule has 4 heterocycles. The van der Waals surface area contributed by atoms with Gasteiger partial charge in [0.1, 0.15) is 11.5 Å². The molecule has 0 N–H and O–H groups in total. The molecule has 2 aromatic heterocycles. The molecule has 20 heavy (non-hydrogen) atoms. The largest absolute Gasteiger partial charge is 0.350 e.